The number of carbonyl (C=O) groups is 2. The summed E-state index contributed by atoms with van der Waals surface area (Å²) in [5.41, 5.74) is 3.68. The lowest BCUT2D eigenvalue weighted by molar-refractivity contribution is -0.124. The van der Waals surface area contributed by atoms with E-state index in [1.165, 1.54) is 24.3 Å². The van der Waals surface area contributed by atoms with Crippen molar-refractivity contribution in [3.8, 4) is 0 Å². The van der Waals surface area contributed by atoms with Gasteiger partial charge in [-0.05, 0) is 49.7 Å². The molecule has 0 aliphatic rings. The van der Waals surface area contributed by atoms with Crippen LogP contribution in [0.2, 0.25) is 0 Å². The van der Waals surface area contributed by atoms with Gasteiger partial charge < -0.3 is 9.73 Å². The zero-order valence-corrected chi connectivity index (χ0v) is 13.9. The van der Waals surface area contributed by atoms with Crippen molar-refractivity contribution in [1.82, 2.24) is 5.43 Å². The van der Waals surface area contributed by atoms with Crippen LogP contribution in [0.15, 0.2) is 52.2 Å². The first kappa shape index (κ1) is 18.4. The molecule has 0 bridgehead atoms. The number of amides is 2. The van der Waals surface area contributed by atoms with Crippen LogP contribution in [0.1, 0.15) is 31.9 Å². The maximum atomic E-state index is 12.8. The zero-order valence-electron chi connectivity index (χ0n) is 13.9. The van der Waals surface area contributed by atoms with Crippen LogP contribution in [-0.4, -0.2) is 17.5 Å². The number of rotatable bonds is 8. The van der Waals surface area contributed by atoms with Crippen molar-refractivity contribution in [1.29, 1.82) is 0 Å². The van der Waals surface area contributed by atoms with Crippen molar-refractivity contribution in [3.05, 3.63) is 54.2 Å². The molecule has 0 saturated heterocycles. The number of nitrogens with one attached hydrogen (secondary N) is 2. The van der Waals surface area contributed by atoms with E-state index in [0.29, 0.717) is 18.5 Å². The fraction of sp³-hybridized carbons (Fsp3) is 0.278. The van der Waals surface area contributed by atoms with Gasteiger partial charge in [0.2, 0.25) is 11.8 Å². The lowest BCUT2D eigenvalue weighted by Crippen LogP contribution is -2.21. The van der Waals surface area contributed by atoms with E-state index in [1.807, 2.05) is 19.1 Å². The quantitative estimate of drug-likeness (QED) is 0.569. The average Bonchev–Trinajstić information content (AvgIpc) is 3.12. The van der Waals surface area contributed by atoms with Crippen LogP contribution in [-0.2, 0) is 16.0 Å². The van der Waals surface area contributed by atoms with Gasteiger partial charge in [0.15, 0.2) is 0 Å². The lowest BCUT2D eigenvalue weighted by atomic mass is 10.2. The second kappa shape index (κ2) is 9.36. The molecular weight excluding hydrogens is 325 g/mol. The summed E-state index contributed by atoms with van der Waals surface area (Å²) < 4.78 is 18.0. The molecule has 6 nitrogen and oxygen atoms in total. The van der Waals surface area contributed by atoms with Crippen molar-refractivity contribution in [2.45, 2.75) is 32.6 Å². The summed E-state index contributed by atoms with van der Waals surface area (Å²) >= 11 is 0. The number of hydrazone groups is 1. The van der Waals surface area contributed by atoms with Crippen LogP contribution >= 0.6 is 0 Å². The van der Waals surface area contributed by atoms with E-state index in [1.54, 1.807) is 6.26 Å². The van der Waals surface area contributed by atoms with Gasteiger partial charge in [0.1, 0.15) is 11.6 Å². The normalized spacial score (nSPS) is 11.2. The zero-order chi connectivity index (χ0) is 18.1. The molecule has 2 aromatic rings. The largest absolute Gasteiger partial charge is 0.469 e. The molecule has 0 spiro atoms. The topological polar surface area (TPSA) is 83.7 Å². The minimum absolute atomic E-state index is 0.0159. The Hall–Kier alpha value is -2.96. The predicted molar refractivity (Wildman–Crippen MR) is 92.5 cm³/mol. The second-order valence-corrected chi connectivity index (χ2v) is 5.52. The summed E-state index contributed by atoms with van der Waals surface area (Å²) in [4.78, 5) is 23.5. The highest BCUT2D eigenvalue weighted by molar-refractivity contribution is 5.93. The number of benzene rings is 1. The molecule has 1 heterocycles. The number of anilines is 1. The molecule has 132 valence electrons. The molecule has 2 N–H and O–H groups in total. The third kappa shape index (κ3) is 6.99. The monoisotopic (exact) mass is 345 g/mol. The first-order chi connectivity index (χ1) is 12.0. The molecule has 0 saturated carbocycles. The highest BCUT2D eigenvalue weighted by atomic mass is 19.1. The summed E-state index contributed by atoms with van der Waals surface area (Å²) in [5.74, 6) is -0.178. The number of halogens is 1. The number of furan rings is 1. The first-order valence-electron chi connectivity index (χ1n) is 7.93. The molecule has 2 rings (SSSR count). The van der Waals surface area contributed by atoms with E-state index in [2.05, 4.69) is 15.8 Å². The molecule has 7 heteroatoms. The van der Waals surface area contributed by atoms with Crippen LogP contribution in [0.5, 0.6) is 0 Å². The Balaban J connectivity index is 1.66. The van der Waals surface area contributed by atoms with Crippen molar-refractivity contribution >= 4 is 23.2 Å². The predicted octanol–water partition coefficient (Wildman–Crippen LogP) is 3.26. The van der Waals surface area contributed by atoms with Crippen molar-refractivity contribution in [2.75, 3.05) is 5.32 Å². The Kier molecular flexibility index (Phi) is 6.88. The Morgan fingerprint density at radius 2 is 1.80 bits per heavy atom. The fourth-order valence-electron chi connectivity index (χ4n) is 2.01. The maximum absolute atomic E-state index is 12.8. The highest BCUT2D eigenvalue weighted by Crippen LogP contribution is 2.09. The summed E-state index contributed by atoms with van der Waals surface area (Å²) in [6, 6.07) is 9.12. The summed E-state index contributed by atoms with van der Waals surface area (Å²) in [6.07, 6.45) is 3.02. The van der Waals surface area contributed by atoms with Gasteiger partial charge in [-0.25, -0.2) is 9.82 Å². The van der Waals surface area contributed by atoms with Crippen LogP contribution in [0.4, 0.5) is 10.1 Å². The second-order valence-electron chi connectivity index (χ2n) is 5.52. The maximum Gasteiger partial charge on any atom is 0.240 e. The van der Waals surface area contributed by atoms with E-state index < -0.39 is 0 Å². The number of aryl methyl sites for hydroxylation is 1. The van der Waals surface area contributed by atoms with Gasteiger partial charge in [-0.2, -0.15) is 5.10 Å². The van der Waals surface area contributed by atoms with Gasteiger partial charge in [0.05, 0.1) is 6.26 Å². The lowest BCUT2D eigenvalue weighted by Gasteiger charge is -2.05. The molecule has 2 amide bonds. The first-order valence-corrected chi connectivity index (χ1v) is 7.93. The van der Waals surface area contributed by atoms with Crippen molar-refractivity contribution < 1.29 is 18.4 Å². The summed E-state index contributed by atoms with van der Waals surface area (Å²) in [7, 11) is 0. The van der Waals surface area contributed by atoms with Crippen molar-refractivity contribution in [3.63, 3.8) is 0 Å². The molecule has 0 atom stereocenters. The van der Waals surface area contributed by atoms with Gasteiger partial charge in [0, 0.05) is 30.7 Å². The molecule has 0 aliphatic carbocycles. The Morgan fingerprint density at radius 1 is 1.08 bits per heavy atom. The molecule has 25 heavy (non-hydrogen) atoms. The third-order valence-electron chi connectivity index (χ3n) is 3.39. The van der Waals surface area contributed by atoms with Crippen LogP contribution < -0.4 is 10.7 Å². The van der Waals surface area contributed by atoms with Gasteiger partial charge in [-0.1, -0.05) is 0 Å². The molecule has 0 aliphatic heterocycles. The molecule has 0 radical (unpaired) electrons. The number of carbonyl (C=O) groups excluding carboxylic acids is 2. The number of nitrogens with zero attached hydrogens (tertiary/aromatic N) is 1. The third-order valence-corrected chi connectivity index (χ3v) is 3.39. The average molecular weight is 345 g/mol. The van der Waals surface area contributed by atoms with Gasteiger partial charge in [-0.15, -0.1) is 0 Å². The van der Waals surface area contributed by atoms with Gasteiger partial charge in [-0.3, -0.25) is 9.59 Å². The number of hydrogen-bond donors (Lipinski definition) is 2. The van der Waals surface area contributed by atoms with Crippen LogP contribution in [0.25, 0.3) is 0 Å². The van der Waals surface area contributed by atoms with E-state index in [9.17, 15) is 14.0 Å². The molecule has 1 aromatic carbocycles. The molecular formula is C18H20FN3O3. The minimum atomic E-state index is -0.377. The smallest absolute Gasteiger partial charge is 0.240 e. The highest BCUT2D eigenvalue weighted by Gasteiger charge is 2.07. The Labute approximate surface area is 145 Å². The summed E-state index contributed by atoms with van der Waals surface area (Å²) in [5, 5.41) is 6.59. The standard InChI is InChI=1S/C18H20FN3O3/c1-13(4-9-16-3-2-12-25-16)21-22-18(24)11-10-17(23)20-15-7-5-14(19)6-8-15/h2-3,5-8,12H,4,9-11H2,1H3,(H,20,23)(H,22,24)/b21-13-. The van der Waals surface area contributed by atoms with E-state index in [4.69, 9.17) is 4.42 Å². The van der Waals surface area contributed by atoms with E-state index in [0.717, 1.165) is 11.5 Å². The van der Waals surface area contributed by atoms with Gasteiger partial charge in [0.25, 0.3) is 0 Å². The van der Waals surface area contributed by atoms with E-state index >= 15 is 0 Å². The number of hydrogen-bond acceptors (Lipinski definition) is 4. The van der Waals surface area contributed by atoms with Crippen molar-refractivity contribution in [2.24, 2.45) is 5.10 Å². The van der Waals surface area contributed by atoms with Crippen LogP contribution in [0, 0.1) is 5.82 Å². The Morgan fingerprint density at radius 3 is 2.48 bits per heavy atom. The molecule has 0 unspecified atom stereocenters. The Bertz CT molecular complexity index is 725. The SMILES string of the molecule is C/C(CCc1ccco1)=N/NC(=O)CCC(=O)Nc1ccc(F)cc1. The molecule has 0 fully saturated rings. The van der Waals surface area contributed by atoms with Gasteiger partial charge >= 0.3 is 0 Å². The van der Waals surface area contributed by atoms with Crippen LogP contribution in [0.3, 0.4) is 0 Å². The molecule has 1 aromatic heterocycles. The van der Waals surface area contributed by atoms with E-state index in [-0.39, 0.29) is 30.5 Å². The fourth-order valence-corrected chi connectivity index (χ4v) is 2.01. The summed E-state index contributed by atoms with van der Waals surface area (Å²) in [6.45, 7) is 1.81. The minimum Gasteiger partial charge on any atom is -0.469 e.